The Hall–Kier alpha value is -0.460. The highest BCUT2D eigenvalue weighted by Gasteiger charge is 2.26. The maximum absolute atomic E-state index is 12.3. The first-order valence-electron chi connectivity index (χ1n) is 6.48. The highest BCUT2D eigenvalue weighted by Crippen LogP contribution is 2.23. The molecule has 1 aromatic rings. The van der Waals surface area contributed by atoms with E-state index in [2.05, 4.69) is 9.80 Å². The van der Waals surface area contributed by atoms with Gasteiger partial charge < -0.3 is 5.11 Å². The van der Waals surface area contributed by atoms with Crippen molar-refractivity contribution in [2.75, 3.05) is 39.3 Å². The van der Waals surface area contributed by atoms with Crippen molar-refractivity contribution in [1.29, 1.82) is 0 Å². The zero-order chi connectivity index (χ0) is 13.8. The first-order chi connectivity index (χ1) is 9.11. The zero-order valence-corrected chi connectivity index (χ0v) is 12.6. The maximum atomic E-state index is 12.3. The first-order valence-corrected chi connectivity index (χ1v) is 7.68. The molecule has 0 aromatic carbocycles. The molecule has 2 rings (SSSR count). The average Bonchev–Trinajstić information content (AvgIpc) is 2.85. The molecule has 1 N–H and O–H groups in total. The predicted octanol–water partition coefficient (Wildman–Crippen LogP) is 1.58. The van der Waals surface area contributed by atoms with Gasteiger partial charge in [-0.1, -0.05) is 11.6 Å². The number of ketones is 1. The van der Waals surface area contributed by atoms with Crippen molar-refractivity contribution in [2.45, 2.75) is 13.0 Å². The maximum Gasteiger partial charge on any atom is 0.189 e. The lowest BCUT2D eigenvalue weighted by Gasteiger charge is -2.37. The number of hydrogen-bond acceptors (Lipinski definition) is 5. The van der Waals surface area contributed by atoms with Gasteiger partial charge >= 0.3 is 0 Å². The van der Waals surface area contributed by atoms with Gasteiger partial charge in [-0.05, 0) is 19.1 Å². The van der Waals surface area contributed by atoms with E-state index in [0.29, 0.717) is 4.34 Å². The molecule has 1 aliphatic heterocycles. The fourth-order valence-corrected chi connectivity index (χ4v) is 3.40. The van der Waals surface area contributed by atoms with Crippen LogP contribution in [0.3, 0.4) is 0 Å². The largest absolute Gasteiger partial charge is 0.395 e. The molecule has 1 aromatic heterocycles. The van der Waals surface area contributed by atoms with Crippen LogP contribution in [0.2, 0.25) is 4.34 Å². The first kappa shape index (κ1) is 14.9. The highest BCUT2D eigenvalue weighted by atomic mass is 35.5. The molecule has 2 heterocycles. The molecule has 106 valence electrons. The van der Waals surface area contributed by atoms with Crippen molar-refractivity contribution < 1.29 is 9.90 Å². The Bertz CT molecular complexity index is 430. The van der Waals surface area contributed by atoms with Crippen molar-refractivity contribution in [3.63, 3.8) is 0 Å². The fourth-order valence-electron chi connectivity index (χ4n) is 2.33. The number of rotatable bonds is 5. The summed E-state index contributed by atoms with van der Waals surface area (Å²) < 4.78 is 0.656. The van der Waals surface area contributed by atoms with E-state index in [4.69, 9.17) is 16.7 Å². The number of hydrogen-bond donors (Lipinski definition) is 1. The Labute approximate surface area is 122 Å². The van der Waals surface area contributed by atoms with E-state index >= 15 is 0 Å². The number of aliphatic hydroxyl groups excluding tert-OH is 1. The minimum absolute atomic E-state index is 0.106. The molecule has 1 fully saturated rings. The molecule has 0 radical (unpaired) electrons. The van der Waals surface area contributed by atoms with Gasteiger partial charge in [0.2, 0.25) is 0 Å². The monoisotopic (exact) mass is 302 g/mol. The Morgan fingerprint density at radius 1 is 1.42 bits per heavy atom. The van der Waals surface area contributed by atoms with Crippen LogP contribution < -0.4 is 0 Å². The van der Waals surface area contributed by atoms with E-state index in [1.54, 1.807) is 12.1 Å². The molecule has 1 atom stereocenters. The topological polar surface area (TPSA) is 43.8 Å². The molecule has 6 heteroatoms. The van der Waals surface area contributed by atoms with Gasteiger partial charge in [-0.25, -0.2) is 0 Å². The molecule has 0 aliphatic carbocycles. The van der Waals surface area contributed by atoms with Gasteiger partial charge in [-0.3, -0.25) is 14.6 Å². The van der Waals surface area contributed by atoms with Gasteiger partial charge in [0.05, 0.1) is 21.9 Å². The number of halogens is 1. The molecule has 19 heavy (non-hydrogen) atoms. The Morgan fingerprint density at radius 2 is 2.11 bits per heavy atom. The number of aliphatic hydroxyl groups is 1. The third-order valence-electron chi connectivity index (χ3n) is 3.57. The SMILES string of the molecule is CC(C(=O)c1ccc(Cl)s1)N1CCN(CCO)CC1. The molecule has 0 amide bonds. The molecular formula is C13H19ClN2O2S. The van der Waals surface area contributed by atoms with E-state index in [9.17, 15) is 4.79 Å². The zero-order valence-electron chi connectivity index (χ0n) is 11.0. The normalized spacial score (nSPS) is 19.5. The molecule has 1 saturated heterocycles. The molecule has 1 aliphatic rings. The second-order valence-corrected chi connectivity index (χ2v) is 6.46. The third kappa shape index (κ3) is 3.77. The van der Waals surface area contributed by atoms with Crippen molar-refractivity contribution >= 4 is 28.7 Å². The van der Waals surface area contributed by atoms with Crippen LogP contribution in [0.5, 0.6) is 0 Å². The van der Waals surface area contributed by atoms with Gasteiger partial charge in [0.15, 0.2) is 5.78 Å². The molecule has 1 unspecified atom stereocenters. The number of β-amino-alcohol motifs (C(OH)–C–C–N with tert-alkyl or cyclic N) is 1. The van der Waals surface area contributed by atoms with E-state index in [1.807, 2.05) is 6.92 Å². The number of carbonyl (C=O) groups is 1. The van der Waals surface area contributed by atoms with Crippen LogP contribution >= 0.6 is 22.9 Å². The van der Waals surface area contributed by atoms with Gasteiger partial charge in [-0.15, -0.1) is 11.3 Å². The van der Waals surface area contributed by atoms with Crippen molar-refractivity contribution in [3.8, 4) is 0 Å². The second-order valence-electron chi connectivity index (χ2n) is 4.75. The number of thiophene rings is 1. The average molecular weight is 303 g/mol. The lowest BCUT2D eigenvalue weighted by molar-refractivity contribution is 0.0667. The van der Waals surface area contributed by atoms with Crippen LogP contribution in [-0.4, -0.2) is 66.1 Å². The highest BCUT2D eigenvalue weighted by molar-refractivity contribution is 7.18. The smallest absolute Gasteiger partial charge is 0.189 e. The number of nitrogens with zero attached hydrogens (tertiary/aromatic N) is 2. The minimum atomic E-state index is -0.106. The minimum Gasteiger partial charge on any atom is -0.395 e. The van der Waals surface area contributed by atoms with Crippen molar-refractivity contribution in [3.05, 3.63) is 21.3 Å². The quantitative estimate of drug-likeness (QED) is 0.839. The van der Waals surface area contributed by atoms with Crippen LogP contribution in [0, 0.1) is 0 Å². The fraction of sp³-hybridized carbons (Fsp3) is 0.615. The summed E-state index contributed by atoms with van der Waals surface area (Å²) in [6.45, 7) is 6.42. The molecular weight excluding hydrogens is 284 g/mol. The van der Waals surface area contributed by atoms with Crippen LogP contribution in [0.4, 0.5) is 0 Å². The number of Topliss-reactive ketones (excluding diaryl/α,β-unsaturated/α-hetero) is 1. The third-order valence-corrected chi connectivity index (χ3v) is 4.81. The van der Waals surface area contributed by atoms with E-state index in [1.165, 1.54) is 11.3 Å². The summed E-state index contributed by atoms with van der Waals surface area (Å²) in [6.07, 6.45) is 0. The summed E-state index contributed by atoms with van der Waals surface area (Å²) in [5.74, 6) is 0.146. The Morgan fingerprint density at radius 3 is 2.63 bits per heavy atom. The lowest BCUT2D eigenvalue weighted by atomic mass is 10.1. The Kier molecular flexibility index (Phi) is 5.36. The molecule has 0 spiro atoms. The molecule has 4 nitrogen and oxygen atoms in total. The summed E-state index contributed by atoms with van der Waals surface area (Å²) in [5.41, 5.74) is 0. The van der Waals surface area contributed by atoms with E-state index in [0.717, 1.165) is 37.6 Å². The van der Waals surface area contributed by atoms with Crippen LogP contribution in [0.15, 0.2) is 12.1 Å². The van der Waals surface area contributed by atoms with Gasteiger partial charge in [-0.2, -0.15) is 0 Å². The van der Waals surface area contributed by atoms with Gasteiger partial charge in [0, 0.05) is 32.7 Å². The van der Waals surface area contributed by atoms with Crippen molar-refractivity contribution in [2.24, 2.45) is 0 Å². The number of carbonyl (C=O) groups excluding carboxylic acids is 1. The van der Waals surface area contributed by atoms with E-state index in [-0.39, 0.29) is 18.4 Å². The van der Waals surface area contributed by atoms with Crippen molar-refractivity contribution in [1.82, 2.24) is 9.80 Å². The standard InChI is InChI=1S/C13H19ClN2O2S/c1-10(13(18)11-2-3-12(14)19-11)16-6-4-15(5-7-16)8-9-17/h2-3,10,17H,4-9H2,1H3. The van der Waals surface area contributed by atoms with Gasteiger partial charge in [0.25, 0.3) is 0 Å². The predicted molar refractivity (Wildman–Crippen MR) is 78.2 cm³/mol. The van der Waals surface area contributed by atoms with E-state index < -0.39 is 0 Å². The second kappa shape index (κ2) is 6.81. The summed E-state index contributed by atoms with van der Waals surface area (Å²) >= 11 is 7.21. The summed E-state index contributed by atoms with van der Waals surface area (Å²) in [6, 6.07) is 3.46. The lowest BCUT2D eigenvalue weighted by Crippen LogP contribution is -2.52. The van der Waals surface area contributed by atoms with Crippen LogP contribution in [0.25, 0.3) is 0 Å². The summed E-state index contributed by atoms with van der Waals surface area (Å²) in [7, 11) is 0. The van der Waals surface area contributed by atoms with Gasteiger partial charge in [0.1, 0.15) is 0 Å². The molecule has 0 saturated carbocycles. The number of piperazine rings is 1. The molecule has 0 bridgehead atoms. The summed E-state index contributed by atoms with van der Waals surface area (Å²) in [4.78, 5) is 17.5. The van der Waals surface area contributed by atoms with Crippen LogP contribution in [-0.2, 0) is 0 Å². The Balaban J connectivity index is 1.90. The van der Waals surface area contributed by atoms with Crippen LogP contribution in [0.1, 0.15) is 16.6 Å². The summed E-state index contributed by atoms with van der Waals surface area (Å²) in [5, 5.41) is 8.91.